The molecule has 5 heteroatoms. The van der Waals surface area contributed by atoms with Gasteiger partial charge in [0.2, 0.25) is 0 Å². The average molecular weight is 399 g/mol. The maximum atomic E-state index is 12.4. The minimum absolute atomic E-state index is 0.0667. The van der Waals surface area contributed by atoms with E-state index in [1.54, 1.807) is 6.07 Å². The van der Waals surface area contributed by atoms with Crippen LogP contribution >= 0.6 is 39.1 Å². The molecular weight excluding hydrogens is 385 g/mol. The molecule has 114 valence electrons. The summed E-state index contributed by atoms with van der Waals surface area (Å²) in [6.07, 6.45) is 1.91. The summed E-state index contributed by atoms with van der Waals surface area (Å²) in [7, 11) is 0. The van der Waals surface area contributed by atoms with Crippen LogP contribution in [0.1, 0.15) is 34.7 Å². The fraction of sp³-hybridized carbons (Fsp3) is 0.235. The molecule has 2 atom stereocenters. The highest BCUT2D eigenvalue weighted by atomic mass is 79.9. The van der Waals surface area contributed by atoms with Crippen molar-refractivity contribution in [3.63, 3.8) is 0 Å². The summed E-state index contributed by atoms with van der Waals surface area (Å²) >= 11 is 16.0. The van der Waals surface area contributed by atoms with Crippen molar-refractivity contribution in [1.29, 1.82) is 0 Å². The second-order valence-corrected chi connectivity index (χ2v) is 7.05. The summed E-state index contributed by atoms with van der Waals surface area (Å²) in [6, 6.07) is 13.0. The first-order valence-electron chi connectivity index (χ1n) is 7.07. The molecule has 2 nitrogen and oxygen atoms in total. The molecule has 0 saturated heterocycles. The number of carbonyl (C=O) groups excluding carboxylic acids is 1. The van der Waals surface area contributed by atoms with E-state index in [0.29, 0.717) is 15.6 Å². The highest BCUT2D eigenvalue weighted by Crippen LogP contribution is 2.43. The molecule has 2 aromatic carbocycles. The Kier molecular flexibility index (Phi) is 4.76. The Morgan fingerprint density at radius 1 is 1.05 bits per heavy atom. The Morgan fingerprint density at radius 3 is 2.32 bits per heavy atom. The molecule has 1 amide bonds. The van der Waals surface area contributed by atoms with Crippen molar-refractivity contribution in [2.24, 2.45) is 0 Å². The zero-order valence-corrected chi connectivity index (χ0v) is 14.8. The largest absolute Gasteiger partial charge is 0.349 e. The third-order valence-electron chi connectivity index (χ3n) is 4.08. The van der Waals surface area contributed by atoms with E-state index in [1.165, 1.54) is 0 Å². The number of rotatable bonds is 3. The van der Waals surface area contributed by atoms with E-state index >= 15 is 0 Å². The van der Waals surface area contributed by atoms with Crippen molar-refractivity contribution in [2.75, 3.05) is 0 Å². The third-order valence-corrected chi connectivity index (χ3v) is 5.43. The van der Waals surface area contributed by atoms with Crippen LogP contribution in [0.25, 0.3) is 0 Å². The summed E-state index contributed by atoms with van der Waals surface area (Å²) in [4.78, 5) is 12.4. The maximum absolute atomic E-state index is 12.4. The molecule has 1 aliphatic carbocycles. The van der Waals surface area contributed by atoms with Crippen molar-refractivity contribution in [3.05, 3.63) is 68.1 Å². The van der Waals surface area contributed by atoms with E-state index in [0.717, 1.165) is 22.9 Å². The minimum atomic E-state index is -0.0784. The Hall–Kier alpha value is -1.03. The zero-order chi connectivity index (χ0) is 15.7. The first-order chi connectivity index (χ1) is 10.6. The summed E-state index contributed by atoms with van der Waals surface area (Å²) in [5.74, 6) is 0.0954. The van der Waals surface area contributed by atoms with Crippen LogP contribution in [0.4, 0.5) is 0 Å². The van der Waals surface area contributed by atoms with Crippen LogP contribution in [0.5, 0.6) is 0 Å². The van der Waals surface area contributed by atoms with E-state index in [-0.39, 0.29) is 17.9 Å². The van der Waals surface area contributed by atoms with Crippen LogP contribution < -0.4 is 5.32 Å². The predicted molar refractivity (Wildman–Crippen MR) is 93.8 cm³/mol. The van der Waals surface area contributed by atoms with Gasteiger partial charge in [-0.05, 0) is 58.6 Å². The van der Waals surface area contributed by atoms with Crippen molar-refractivity contribution in [2.45, 2.75) is 24.8 Å². The van der Waals surface area contributed by atoms with Crippen LogP contribution in [0.2, 0.25) is 10.0 Å². The quantitative estimate of drug-likeness (QED) is 0.733. The Bertz CT molecular complexity index is 699. The van der Waals surface area contributed by atoms with Gasteiger partial charge < -0.3 is 5.32 Å². The SMILES string of the molecule is O=C(N[C@@H]1CC[C@@H]1c1c(Cl)cccc1Cl)c1ccccc1Br. The van der Waals surface area contributed by atoms with Gasteiger partial charge in [0.25, 0.3) is 5.91 Å². The normalized spacial score (nSPS) is 20.3. The zero-order valence-electron chi connectivity index (χ0n) is 11.7. The molecule has 0 unspecified atom stereocenters. The standard InChI is InChI=1S/C17H14BrCl2NO/c18-12-5-2-1-4-10(12)17(22)21-15-9-8-11(15)16-13(19)6-3-7-14(16)20/h1-7,11,15H,8-9H2,(H,21,22)/t11-,15+/m0/s1. The Balaban J connectivity index is 1.77. The number of amides is 1. The van der Waals surface area contributed by atoms with Crippen LogP contribution in [0, 0.1) is 0 Å². The summed E-state index contributed by atoms with van der Waals surface area (Å²) < 4.78 is 0.791. The number of nitrogens with one attached hydrogen (secondary N) is 1. The Labute approximate surface area is 147 Å². The molecule has 1 N–H and O–H groups in total. The molecule has 0 radical (unpaired) electrons. The van der Waals surface area contributed by atoms with Crippen molar-refractivity contribution in [1.82, 2.24) is 5.32 Å². The van der Waals surface area contributed by atoms with Gasteiger partial charge in [-0.25, -0.2) is 0 Å². The van der Waals surface area contributed by atoms with Gasteiger partial charge in [-0.15, -0.1) is 0 Å². The van der Waals surface area contributed by atoms with Crippen LogP contribution in [-0.2, 0) is 0 Å². The maximum Gasteiger partial charge on any atom is 0.252 e. The van der Waals surface area contributed by atoms with Crippen molar-refractivity contribution >= 4 is 45.0 Å². The van der Waals surface area contributed by atoms with Crippen molar-refractivity contribution < 1.29 is 4.79 Å². The van der Waals surface area contributed by atoms with Gasteiger partial charge in [0, 0.05) is 26.5 Å². The fourth-order valence-electron chi connectivity index (χ4n) is 2.77. The van der Waals surface area contributed by atoms with Crippen molar-refractivity contribution in [3.8, 4) is 0 Å². The second-order valence-electron chi connectivity index (χ2n) is 5.38. The topological polar surface area (TPSA) is 29.1 Å². The molecule has 0 heterocycles. The van der Waals surface area contributed by atoms with E-state index in [4.69, 9.17) is 23.2 Å². The lowest BCUT2D eigenvalue weighted by atomic mass is 9.75. The van der Waals surface area contributed by atoms with Gasteiger partial charge in [-0.1, -0.05) is 41.4 Å². The smallest absolute Gasteiger partial charge is 0.252 e. The summed E-state index contributed by atoms with van der Waals surface area (Å²) in [6.45, 7) is 0. The predicted octanol–water partition coefficient (Wildman–Crippen LogP) is 5.43. The van der Waals surface area contributed by atoms with E-state index in [2.05, 4.69) is 21.2 Å². The Morgan fingerprint density at radius 2 is 1.73 bits per heavy atom. The fourth-order valence-corrected chi connectivity index (χ4v) is 3.92. The molecule has 0 aliphatic heterocycles. The first kappa shape index (κ1) is 15.9. The monoisotopic (exact) mass is 397 g/mol. The molecule has 1 fully saturated rings. The van der Waals surface area contributed by atoms with Gasteiger partial charge in [0.1, 0.15) is 0 Å². The molecule has 1 aliphatic rings. The number of halogens is 3. The number of hydrogen-bond donors (Lipinski definition) is 1. The molecule has 0 bridgehead atoms. The summed E-state index contributed by atoms with van der Waals surface area (Å²) in [5.41, 5.74) is 1.58. The second kappa shape index (κ2) is 6.61. The highest BCUT2D eigenvalue weighted by molar-refractivity contribution is 9.10. The summed E-state index contributed by atoms with van der Waals surface area (Å²) in [5, 5.41) is 4.42. The van der Waals surface area contributed by atoms with Crippen LogP contribution in [0.15, 0.2) is 46.9 Å². The van der Waals surface area contributed by atoms with Gasteiger partial charge >= 0.3 is 0 Å². The van der Waals surface area contributed by atoms with Gasteiger partial charge in [-0.2, -0.15) is 0 Å². The first-order valence-corrected chi connectivity index (χ1v) is 8.62. The molecular formula is C17H14BrCl2NO. The molecule has 22 heavy (non-hydrogen) atoms. The number of benzene rings is 2. The van der Waals surface area contributed by atoms with E-state index in [1.807, 2.05) is 36.4 Å². The molecule has 1 saturated carbocycles. The molecule has 2 aromatic rings. The molecule has 0 aromatic heterocycles. The molecule has 0 spiro atoms. The number of carbonyl (C=O) groups is 1. The molecule has 3 rings (SSSR count). The average Bonchev–Trinajstić information content (AvgIpc) is 2.47. The van der Waals surface area contributed by atoms with Crippen LogP contribution in [0.3, 0.4) is 0 Å². The van der Waals surface area contributed by atoms with E-state index < -0.39 is 0 Å². The third kappa shape index (κ3) is 3.03. The van der Waals surface area contributed by atoms with Gasteiger partial charge in [0.15, 0.2) is 0 Å². The lowest BCUT2D eigenvalue weighted by Crippen LogP contribution is -2.45. The minimum Gasteiger partial charge on any atom is -0.349 e. The van der Waals surface area contributed by atoms with E-state index in [9.17, 15) is 4.79 Å². The highest BCUT2D eigenvalue weighted by Gasteiger charge is 2.36. The number of hydrogen-bond acceptors (Lipinski definition) is 1. The van der Waals surface area contributed by atoms with Gasteiger partial charge in [0.05, 0.1) is 5.56 Å². The lowest BCUT2D eigenvalue weighted by molar-refractivity contribution is 0.0904. The van der Waals surface area contributed by atoms with Crippen LogP contribution in [-0.4, -0.2) is 11.9 Å². The van der Waals surface area contributed by atoms with Gasteiger partial charge in [-0.3, -0.25) is 4.79 Å². The lowest BCUT2D eigenvalue weighted by Gasteiger charge is -2.38.